The van der Waals surface area contributed by atoms with Crippen LogP contribution in [0.4, 0.5) is 0 Å². The fourth-order valence-electron chi connectivity index (χ4n) is 8.90. The van der Waals surface area contributed by atoms with Gasteiger partial charge in [0, 0.05) is 60.2 Å². The van der Waals surface area contributed by atoms with E-state index in [1.165, 1.54) is 16.2 Å². The lowest BCUT2D eigenvalue weighted by atomic mass is 10.0. The first-order chi connectivity index (χ1) is 28.3. The van der Waals surface area contributed by atoms with Crippen molar-refractivity contribution in [1.82, 2.24) is 24.1 Å². The number of para-hydroxylation sites is 4. The molecule has 0 saturated heterocycles. The number of fused-ring (bicyclic) bond motifs is 10. The highest BCUT2D eigenvalue weighted by molar-refractivity contribution is 6.17. The van der Waals surface area contributed by atoms with Gasteiger partial charge >= 0.3 is 0 Å². The van der Waals surface area contributed by atoms with Crippen LogP contribution in [0.15, 0.2) is 174 Å². The van der Waals surface area contributed by atoms with Crippen molar-refractivity contribution in [2.75, 3.05) is 0 Å². The van der Waals surface area contributed by atoms with E-state index in [1.54, 1.807) is 0 Å². The Morgan fingerprint density at radius 3 is 1.72 bits per heavy atom. The Bertz CT molecular complexity index is 3510. The molecule has 7 aromatic carbocycles. The standard InChI is InChI=1S/C51H33N5O/c1-4-15-32(16-5-1)49-52-50(33-27-28-38-36-21-10-12-25-43(36)55(45(38)31-33)34-17-6-2-7-18-34)54-51(53-49)42-24-14-23-40-41-30-29-39-37-22-11-13-26-44(37)56(35-19-8-3-9-20-35)46(39)48(41)57-47(40)42/h1-13,15-23,25-31H,14,24H2. The molecule has 0 spiro atoms. The van der Waals surface area contributed by atoms with E-state index >= 15 is 0 Å². The van der Waals surface area contributed by atoms with E-state index in [9.17, 15) is 0 Å². The maximum atomic E-state index is 7.12. The maximum absolute atomic E-state index is 7.12. The van der Waals surface area contributed by atoms with Crippen LogP contribution in [0.5, 0.6) is 0 Å². The molecule has 0 aliphatic heterocycles. The van der Waals surface area contributed by atoms with E-state index in [-0.39, 0.29) is 0 Å². The summed E-state index contributed by atoms with van der Waals surface area (Å²) in [4.78, 5) is 15.7. The third-order valence-electron chi connectivity index (χ3n) is 11.4. The van der Waals surface area contributed by atoms with Crippen molar-refractivity contribution in [3.8, 4) is 34.2 Å². The third kappa shape index (κ3) is 4.87. The smallest absolute Gasteiger partial charge is 0.164 e. The fourth-order valence-corrected chi connectivity index (χ4v) is 8.90. The molecule has 12 rings (SSSR count). The fraction of sp³-hybridized carbons (Fsp3) is 0.0392. The molecule has 57 heavy (non-hydrogen) atoms. The molecule has 1 aliphatic rings. The van der Waals surface area contributed by atoms with Crippen LogP contribution >= 0.6 is 0 Å². The summed E-state index contributed by atoms with van der Waals surface area (Å²) in [5, 5.41) is 6.92. The van der Waals surface area contributed by atoms with E-state index in [1.807, 2.05) is 18.2 Å². The average Bonchev–Trinajstić information content (AvgIpc) is 3.95. The van der Waals surface area contributed by atoms with Gasteiger partial charge in [-0.15, -0.1) is 0 Å². The number of rotatable bonds is 5. The van der Waals surface area contributed by atoms with Gasteiger partial charge in [-0.1, -0.05) is 127 Å². The second-order valence-corrected chi connectivity index (χ2v) is 14.7. The summed E-state index contributed by atoms with van der Waals surface area (Å²) < 4.78 is 11.8. The Labute approximate surface area is 326 Å². The highest BCUT2D eigenvalue weighted by atomic mass is 16.3. The molecular weight excluding hydrogens is 699 g/mol. The van der Waals surface area contributed by atoms with Crippen LogP contribution in [0.25, 0.3) is 100 Å². The second kappa shape index (κ2) is 12.5. The Morgan fingerprint density at radius 1 is 0.439 bits per heavy atom. The van der Waals surface area contributed by atoms with Gasteiger partial charge in [-0.2, -0.15) is 0 Å². The first-order valence-electron chi connectivity index (χ1n) is 19.4. The summed E-state index contributed by atoms with van der Waals surface area (Å²) in [6.07, 6.45) is 3.90. The number of furan rings is 1. The summed E-state index contributed by atoms with van der Waals surface area (Å²) in [6.45, 7) is 0. The number of benzene rings is 7. The quantitative estimate of drug-likeness (QED) is 0.177. The number of hydrogen-bond donors (Lipinski definition) is 0. The van der Waals surface area contributed by atoms with Gasteiger partial charge in [0.05, 0.1) is 22.1 Å². The minimum absolute atomic E-state index is 0.622. The first kappa shape index (κ1) is 31.7. The zero-order valence-corrected chi connectivity index (χ0v) is 30.8. The minimum Gasteiger partial charge on any atom is -0.453 e. The van der Waals surface area contributed by atoms with E-state index in [2.05, 4.69) is 167 Å². The minimum atomic E-state index is 0.622. The van der Waals surface area contributed by atoms with Crippen LogP contribution in [-0.4, -0.2) is 24.1 Å². The summed E-state index contributed by atoms with van der Waals surface area (Å²) in [5.41, 5.74) is 11.2. The normalized spacial score (nSPS) is 12.9. The van der Waals surface area contributed by atoms with Crippen LogP contribution in [0.2, 0.25) is 0 Å². The largest absolute Gasteiger partial charge is 0.453 e. The van der Waals surface area contributed by atoms with Crippen LogP contribution in [0.1, 0.15) is 18.7 Å². The van der Waals surface area contributed by atoms with Crippen molar-refractivity contribution < 1.29 is 4.42 Å². The Kier molecular flexibility index (Phi) is 6.95. The molecule has 0 amide bonds. The highest BCUT2D eigenvalue weighted by Gasteiger charge is 2.23. The van der Waals surface area contributed by atoms with Gasteiger partial charge in [-0.25, -0.2) is 15.0 Å². The van der Waals surface area contributed by atoms with Crippen molar-refractivity contribution in [3.05, 3.63) is 186 Å². The maximum Gasteiger partial charge on any atom is 0.164 e. The lowest BCUT2D eigenvalue weighted by molar-refractivity contribution is 0.569. The molecule has 268 valence electrons. The van der Waals surface area contributed by atoms with E-state index in [4.69, 9.17) is 19.4 Å². The monoisotopic (exact) mass is 731 g/mol. The summed E-state index contributed by atoms with van der Waals surface area (Å²) in [7, 11) is 0. The molecular formula is C51H33N5O. The molecule has 0 saturated carbocycles. The van der Waals surface area contributed by atoms with Crippen molar-refractivity contribution in [3.63, 3.8) is 0 Å². The Hall–Kier alpha value is -7.57. The average molecular weight is 732 g/mol. The summed E-state index contributed by atoms with van der Waals surface area (Å²) in [6, 6.07) is 59.5. The van der Waals surface area contributed by atoms with Gasteiger partial charge in [-0.3, -0.25) is 0 Å². The molecule has 0 fully saturated rings. The van der Waals surface area contributed by atoms with Crippen molar-refractivity contribution >= 4 is 66.2 Å². The molecule has 6 heteroatoms. The molecule has 6 nitrogen and oxygen atoms in total. The van der Waals surface area contributed by atoms with Crippen LogP contribution < -0.4 is 10.6 Å². The Balaban J connectivity index is 1.12. The van der Waals surface area contributed by atoms with Crippen LogP contribution in [0.3, 0.4) is 0 Å². The molecule has 1 aliphatic carbocycles. The predicted octanol–water partition coefficient (Wildman–Crippen LogP) is 10.9. The lowest BCUT2D eigenvalue weighted by Crippen LogP contribution is -2.27. The Morgan fingerprint density at radius 2 is 0.982 bits per heavy atom. The molecule has 0 unspecified atom stereocenters. The van der Waals surface area contributed by atoms with E-state index < -0.39 is 0 Å². The van der Waals surface area contributed by atoms with Crippen LogP contribution in [0, 0.1) is 0 Å². The molecule has 4 heterocycles. The van der Waals surface area contributed by atoms with E-state index in [0.29, 0.717) is 17.5 Å². The van der Waals surface area contributed by atoms with Gasteiger partial charge in [0.25, 0.3) is 0 Å². The molecule has 0 atom stereocenters. The highest BCUT2D eigenvalue weighted by Crippen LogP contribution is 2.37. The topological polar surface area (TPSA) is 61.7 Å². The molecule has 0 N–H and O–H groups in total. The molecule has 0 bridgehead atoms. The SMILES string of the molecule is C1=c2c(oc3c2ccc2c4ccccc4n(-c4ccccc4)c23)=C(c2nc(-c3ccccc3)nc(-c3ccc4c5ccccc5n(-c5ccccc5)c4c3)n2)CC1. The third-order valence-corrected chi connectivity index (χ3v) is 11.4. The van der Waals surface area contributed by atoms with Gasteiger partial charge < -0.3 is 13.6 Å². The van der Waals surface area contributed by atoms with Crippen molar-refractivity contribution in [1.29, 1.82) is 0 Å². The summed E-state index contributed by atoms with van der Waals surface area (Å²) >= 11 is 0. The van der Waals surface area contributed by atoms with E-state index in [0.717, 1.165) is 90.0 Å². The first-order valence-corrected chi connectivity index (χ1v) is 19.4. The van der Waals surface area contributed by atoms with Gasteiger partial charge in [0.2, 0.25) is 0 Å². The van der Waals surface area contributed by atoms with Crippen molar-refractivity contribution in [2.24, 2.45) is 0 Å². The molecule has 0 radical (unpaired) electrons. The summed E-state index contributed by atoms with van der Waals surface area (Å²) in [5.74, 6) is 1.89. The van der Waals surface area contributed by atoms with Gasteiger partial charge in [0.1, 0.15) is 5.42 Å². The predicted molar refractivity (Wildman–Crippen MR) is 231 cm³/mol. The number of aromatic nitrogens is 5. The van der Waals surface area contributed by atoms with Gasteiger partial charge in [0.15, 0.2) is 23.1 Å². The van der Waals surface area contributed by atoms with Gasteiger partial charge in [-0.05, 0) is 61.4 Å². The molecule has 4 aromatic heterocycles. The zero-order valence-electron chi connectivity index (χ0n) is 30.8. The number of hydrogen-bond acceptors (Lipinski definition) is 4. The second-order valence-electron chi connectivity index (χ2n) is 14.7. The zero-order chi connectivity index (χ0) is 37.5. The van der Waals surface area contributed by atoms with Crippen molar-refractivity contribution in [2.45, 2.75) is 12.8 Å². The lowest BCUT2D eigenvalue weighted by Gasteiger charge is -2.12. The number of nitrogens with zero attached hydrogens (tertiary/aromatic N) is 5. The molecule has 11 aromatic rings. The van der Waals surface area contributed by atoms with Crippen LogP contribution in [-0.2, 0) is 0 Å².